The van der Waals surface area contributed by atoms with Crippen LogP contribution in [0.2, 0.25) is 0 Å². The maximum Gasteiger partial charge on any atom is 0.162 e. The molecule has 2 aromatic carbocycles. The third kappa shape index (κ3) is 3.42. The number of benzene rings is 2. The number of nitrogens with one attached hydrogen (secondary N) is 1. The van der Waals surface area contributed by atoms with Gasteiger partial charge < -0.3 is 15.2 Å². The Balaban J connectivity index is 2.14. The molecule has 5 heteroatoms. The Morgan fingerprint density at radius 1 is 1.30 bits per heavy atom. The molecule has 0 amide bonds. The van der Waals surface area contributed by atoms with Crippen molar-refractivity contribution in [3.05, 3.63) is 52.3 Å². The highest BCUT2D eigenvalue weighted by Gasteiger charge is 2.08. The molecule has 0 aromatic heterocycles. The minimum Gasteiger partial charge on any atom is -0.504 e. The van der Waals surface area contributed by atoms with Crippen molar-refractivity contribution in [2.75, 3.05) is 11.9 Å². The van der Waals surface area contributed by atoms with E-state index in [-0.39, 0.29) is 11.6 Å². The third-order valence-corrected chi connectivity index (χ3v) is 3.47. The number of hydrogen-bond donors (Lipinski definition) is 2. The van der Waals surface area contributed by atoms with Crippen LogP contribution in [-0.4, -0.2) is 11.7 Å². The number of hydrogen-bond acceptors (Lipinski definition) is 3. The number of para-hydroxylation sites is 1. The van der Waals surface area contributed by atoms with Gasteiger partial charge >= 0.3 is 0 Å². The Kier molecular flexibility index (Phi) is 4.84. The smallest absolute Gasteiger partial charge is 0.162 e. The van der Waals surface area contributed by atoms with Crippen LogP contribution in [0, 0.1) is 5.82 Å². The number of ether oxygens (including phenoxy) is 1. The summed E-state index contributed by atoms with van der Waals surface area (Å²) in [6.07, 6.45) is 0. The maximum absolute atomic E-state index is 13.2. The van der Waals surface area contributed by atoms with Crippen LogP contribution in [0.5, 0.6) is 11.5 Å². The number of anilines is 1. The molecular formula is C15H15BrFNO2. The summed E-state index contributed by atoms with van der Waals surface area (Å²) >= 11 is 3.35. The average molecular weight is 340 g/mol. The van der Waals surface area contributed by atoms with E-state index in [0.717, 1.165) is 4.47 Å². The summed E-state index contributed by atoms with van der Waals surface area (Å²) in [6, 6.07) is 9.71. The highest BCUT2D eigenvalue weighted by Crippen LogP contribution is 2.31. The van der Waals surface area contributed by atoms with Crippen LogP contribution >= 0.6 is 15.9 Å². The summed E-state index contributed by atoms with van der Waals surface area (Å²) in [4.78, 5) is 0. The van der Waals surface area contributed by atoms with Gasteiger partial charge in [0.2, 0.25) is 0 Å². The number of rotatable bonds is 5. The second-order valence-electron chi connectivity index (χ2n) is 4.17. The Morgan fingerprint density at radius 2 is 2.10 bits per heavy atom. The van der Waals surface area contributed by atoms with Crippen molar-refractivity contribution < 1.29 is 14.2 Å². The summed E-state index contributed by atoms with van der Waals surface area (Å²) in [5.41, 5.74) is 1.32. The summed E-state index contributed by atoms with van der Waals surface area (Å²) in [5.74, 6) is 0.238. The minimum atomic E-state index is -0.317. The SMILES string of the molecule is CCOc1cccc(CNc2cc(F)ccc2Br)c1O. The van der Waals surface area contributed by atoms with Gasteiger partial charge in [-0.15, -0.1) is 0 Å². The summed E-state index contributed by atoms with van der Waals surface area (Å²) < 4.78 is 19.3. The molecule has 0 spiro atoms. The van der Waals surface area contributed by atoms with Crippen LogP contribution in [0.15, 0.2) is 40.9 Å². The quantitative estimate of drug-likeness (QED) is 0.853. The van der Waals surface area contributed by atoms with Gasteiger partial charge in [-0.25, -0.2) is 4.39 Å². The fourth-order valence-electron chi connectivity index (χ4n) is 1.81. The van der Waals surface area contributed by atoms with E-state index >= 15 is 0 Å². The first-order chi connectivity index (χ1) is 9.61. The van der Waals surface area contributed by atoms with Gasteiger partial charge in [0.15, 0.2) is 11.5 Å². The molecule has 0 unspecified atom stereocenters. The predicted octanol–water partition coefficient (Wildman–Crippen LogP) is 4.30. The number of halogens is 2. The first-order valence-corrected chi connectivity index (χ1v) is 7.03. The lowest BCUT2D eigenvalue weighted by Crippen LogP contribution is -2.02. The van der Waals surface area contributed by atoms with E-state index < -0.39 is 0 Å². The number of aromatic hydroxyl groups is 1. The molecule has 0 heterocycles. The third-order valence-electron chi connectivity index (χ3n) is 2.78. The topological polar surface area (TPSA) is 41.5 Å². The molecule has 0 fully saturated rings. The van der Waals surface area contributed by atoms with Crippen LogP contribution in [0.3, 0.4) is 0 Å². The normalized spacial score (nSPS) is 10.3. The molecule has 0 bridgehead atoms. The van der Waals surface area contributed by atoms with E-state index in [1.54, 1.807) is 18.2 Å². The maximum atomic E-state index is 13.2. The van der Waals surface area contributed by atoms with E-state index in [0.29, 0.717) is 30.2 Å². The van der Waals surface area contributed by atoms with Crippen molar-refractivity contribution in [2.24, 2.45) is 0 Å². The molecule has 0 aliphatic heterocycles. The van der Waals surface area contributed by atoms with Crippen molar-refractivity contribution in [2.45, 2.75) is 13.5 Å². The Labute approximate surface area is 125 Å². The van der Waals surface area contributed by atoms with Gasteiger partial charge in [0.25, 0.3) is 0 Å². The molecule has 0 saturated carbocycles. The van der Waals surface area contributed by atoms with Crippen LogP contribution in [0.25, 0.3) is 0 Å². The number of phenols is 1. The lowest BCUT2D eigenvalue weighted by molar-refractivity contribution is 0.317. The predicted molar refractivity (Wildman–Crippen MR) is 80.7 cm³/mol. The molecule has 0 aliphatic rings. The zero-order valence-electron chi connectivity index (χ0n) is 11.0. The van der Waals surface area contributed by atoms with Crippen LogP contribution in [0.4, 0.5) is 10.1 Å². The molecular weight excluding hydrogens is 325 g/mol. The van der Waals surface area contributed by atoms with E-state index in [2.05, 4.69) is 21.2 Å². The first-order valence-electron chi connectivity index (χ1n) is 6.24. The standard InChI is InChI=1S/C15H15BrFNO2/c1-2-20-14-5-3-4-10(15(14)19)9-18-13-8-11(17)6-7-12(13)16/h3-8,18-19H,2,9H2,1H3. The molecule has 0 aliphatic carbocycles. The minimum absolute atomic E-state index is 0.106. The zero-order valence-corrected chi connectivity index (χ0v) is 12.6. The summed E-state index contributed by atoms with van der Waals surface area (Å²) in [6.45, 7) is 2.71. The Morgan fingerprint density at radius 3 is 2.85 bits per heavy atom. The van der Waals surface area contributed by atoms with Crippen molar-refractivity contribution in [3.8, 4) is 11.5 Å². The van der Waals surface area contributed by atoms with Gasteiger partial charge in [-0.3, -0.25) is 0 Å². The molecule has 106 valence electrons. The lowest BCUT2D eigenvalue weighted by atomic mass is 10.2. The molecule has 20 heavy (non-hydrogen) atoms. The molecule has 2 rings (SSSR count). The lowest BCUT2D eigenvalue weighted by Gasteiger charge is -2.12. The van der Waals surface area contributed by atoms with E-state index in [1.165, 1.54) is 12.1 Å². The molecule has 0 saturated heterocycles. The van der Waals surface area contributed by atoms with Crippen LogP contribution in [-0.2, 0) is 6.54 Å². The fraction of sp³-hybridized carbons (Fsp3) is 0.200. The second-order valence-corrected chi connectivity index (χ2v) is 5.03. The molecule has 2 aromatic rings. The molecule has 0 radical (unpaired) electrons. The first kappa shape index (κ1) is 14.7. The highest BCUT2D eigenvalue weighted by atomic mass is 79.9. The monoisotopic (exact) mass is 339 g/mol. The van der Waals surface area contributed by atoms with Crippen molar-refractivity contribution in [1.29, 1.82) is 0 Å². The molecule has 2 N–H and O–H groups in total. The van der Waals surface area contributed by atoms with Crippen molar-refractivity contribution in [1.82, 2.24) is 0 Å². The number of phenolic OH excluding ortho intramolecular Hbond substituents is 1. The van der Waals surface area contributed by atoms with E-state index in [9.17, 15) is 9.50 Å². The largest absolute Gasteiger partial charge is 0.504 e. The van der Waals surface area contributed by atoms with Crippen LogP contribution < -0.4 is 10.1 Å². The highest BCUT2D eigenvalue weighted by molar-refractivity contribution is 9.10. The van der Waals surface area contributed by atoms with E-state index in [1.807, 2.05) is 13.0 Å². The van der Waals surface area contributed by atoms with Gasteiger partial charge in [-0.1, -0.05) is 12.1 Å². The fourth-order valence-corrected chi connectivity index (χ4v) is 2.19. The second kappa shape index (κ2) is 6.61. The molecule has 0 atom stereocenters. The van der Waals surface area contributed by atoms with Gasteiger partial charge in [-0.05, 0) is 47.1 Å². The summed E-state index contributed by atoms with van der Waals surface area (Å²) in [7, 11) is 0. The van der Waals surface area contributed by atoms with Gasteiger partial charge in [0.1, 0.15) is 5.82 Å². The summed E-state index contributed by atoms with van der Waals surface area (Å²) in [5, 5.41) is 13.1. The Hall–Kier alpha value is -1.75. The van der Waals surface area contributed by atoms with Crippen molar-refractivity contribution >= 4 is 21.6 Å². The van der Waals surface area contributed by atoms with Gasteiger partial charge in [0.05, 0.1) is 12.3 Å². The Bertz CT molecular complexity index is 604. The van der Waals surface area contributed by atoms with Gasteiger partial charge in [0, 0.05) is 16.6 Å². The van der Waals surface area contributed by atoms with Gasteiger partial charge in [-0.2, -0.15) is 0 Å². The average Bonchev–Trinajstić information content (AvgIpc) is 2.43. The van der Waals surface area contributed by atoms with Crippen molar-refractivity contribution in [3.63, 3.8) is 0 Å². The van der Waals surface area contributed by atoms with Crippen LogP contribution in [0.1, 0.15) is 12.5 Å². The van der Waals surface area contributed by atoms with E-state index in [4.69, 9.17) is 4.74 Å². The molecule has 3 nitrogen and oxygen atoms in total. The zero-order chi connectivity index (χ0) is 14.5.